The topological polar surface area (TPSA) is 158 Å². The van der Waals surface area contributed by atoms with E-state index in [0.29, 0.717) is 0 Å². The lowest BCUT2D eigenvalue weighted by Gasteiger charge is -2.30. The van der Waals surface area contributed by atoms with Gasteiger partial charge in [0.15, 0.2) is 0 Å². The second-order valence-corrected chi connectivity index (χ2v) is 13.3. The summed E-state index contributed by atoms with van der Waals surface area (Å²) < 4.78 is 88.0. The van der Waals surface area contributed by atoms with Crippen LogP contribution < -0.4 is 4.72 Å². The molecule has 10 nitrogen and oxygen atoms in total. The Labute approximate surface area is 205 Å². The molecule has 0 radical (unpaired) electrons. The van der Waals surface area contributed by atoms with E-state index < -0.39 is 45.7 Å². The number of nitrogens with one attached hydrogen (secondary N) is 1. The van der Waals surface area contributed by atoms with Crippen LogP contribution in [0.2, 0.25) is 0 Å². The minimum Gasteiger partial charge on any atom is -0.506 e. The number of aromatic hydroxyl groups is 1. The van der Waals surface area contributed by atoms with E-state index in [2.05, 4.69) is 4.72 Å². The molecular formula is C22H26N2O8S3. The van der Waals surface area contributed by atoms with Crippen molar-refractivity contribution in [2.45, 2.75) is 54.5 Å². The average molecular weight is 543 g/mol. The summed E-state index contributed by atoms with van der Waals surface area (Å²) in [6, 6.07) is 10.3. The Morgan fingerprint density at radius 3 is 1.91 bits per heavy atom. The molecular weight excluding hydrogens is 516 g/mol. The van der Waals surface area contributed by atoms with E-state index >= 15 is 0 Å². The lowest BCUT2D eigenvalue weighted by atomic mass is 10.1. The van der Waals surface area contributed by atoms with Crippen LogP contribution in [0, 0.1) is 0 Å². The number of rotatable bonds is 8. The van der Waals surface area contributed by atoms with E-state index in [1.165, 1.54) is 40.7 Å². The molecule has 0 unspecified atom stereocenters. The number of phenolic OH excluding ortho intramolecular Hbond substituents is 1. The minimum absolute atomic E-state index is 0.0311. The third-order valence-electron chi connectivity index (χ3n) is 5.23. The van der Waals surface area contributed by atoms with Gasteiger partial charge >= 0.3 is 0 Å². The number of hydrogen-bond acceptors (Lipinski definition) is 7. The van der Waals surface area contributed by atoms with Crippen molar-refractivity contribution in [1.29, 1.82) is 0 Å². The van der Waals surface area contributed by atoms with E-state index in [-0.39, 0.29) is 33.4 Å². The minimum atomic E-state index is -4.62. The second kappa shape index (κ2) is 9.39. The van der Waals surface area contributed by atoms with Crippen LogP contribution in [0.5, 0.6) is 5.75 Å². The van der Waals surface area contributed by atoms with Gasteiger partial charge in [0, 0.05) is 22.9 Å². The largest absolute Gasteiger partial charge is 0.506 e. The fraction of sp³-hybridized carbons (Fsp3) is 0.273. The van der Waals surface area contributed by atoms with E-state index in [9.17, 15) is 34.9 Å². The molecule has 0 aliphatic heterocycles. The zero-order chi connectivity index (χ0) is 26.3. The maximum Gasteiger partial charge on any atom is 0.294 e. The third kappa shape index (κ3) is 5.28. The van der Waals surface area contributed by atoms with Crippen LogP contribution in [0.15, 0.2) is 69.3 Å². The quantitative estimate of drug-likeness (QED) is 0.365. The summed E-state index contributed by atoms with van der Waals surface area (Å²) in [5.41, 5.74) is 0.0311. The molecule has 0 amide bonds. The molecule has 0 spiro atoms. The monoisotopic (exact) mass is 542 g/mol. The van der Waals surface area contributed by atoms with Crippen molar-refractivity contribution in [2.24, 2.45) is 0 Å². The Morgan fingerprint density at radius 2 is 1.34 bits per heavy atom. The van der Waals surface area contributed by atoms with E-state index in [4.69, 9.17) is 0 Å². The summed E-state index contributed by atoms with van der Waals surface area (Å²) in [6.07, 6.45) is 0. The summed E-state index contributed by atoms with van der Waals surface area (Å²) in [6.45, 7) is 6.89. The van der Waals surface area contributed by atoms with Gasteiger partial charge in [0.05, 0.1) is 15.5 Å². The first-order chi connectivity index (χ1) is 16.1. The molecule has 0 aliphatic rings. The molecule has 3 aromatic rings. The molecule has 190 valence electrons. The molecule has 3 N–H and O–H groups in total. The lowest BCUT2D eigenvalue weighted by molar-refractivity contribution is 0.301. The highest BCUT2D eigenvalue weighted by atomic mass is 32.2. The Bertz CT molecular complexity index is 1590. The summed E-state index contributed by atoms with van der Waals surface area (Å²) in [7, 11) is -13.0. The second-order valence-electron chi connectivity index (χ2n) is 8.39. The first-order valence-electron chi connectivity index (χ1n) is 10.5. The molecule has 3 rings (SSSR count). The third-order valence-corrected chi connectivity index (χ3v) is 9.72. The van der Waals surface area contributed by atoms with Crippen LogP contribution in [-0.4, -0.2) is 51.3 Å². The number of anilines is 1. The van der Waals surface area contributed by atoms with Crippen molar-refractivity contribution in [2.75, 3.05) is 4.72 Å². The zero-order valence-corrected chi connectivity index (χ0v) is 21.8. The maximum atomic E-state index is 13.3. The number of phenols is 1. The predicted octanol–water partition coefficient (Wildman–Crippen LogP) is 3.40. The standard InChI is InChI=1S/C22H26N2O8S3/c1-14(2)24(15(3)4)34(28,29)21-12-11-18-19(22(21)25)9-6-10-20(18)23-33(26,27)16-7-5-8-17(13-16)35(30,31)32/h5-15,23,25H,1-4H3,(H,30,31,32). The van der Waals surface area contributed by atoms with Gasteiger partial charge < -0.3 is 5.11 Å². The molecule has 35 heavy (non-hydrogen) atoms. The van der Waals surface area contributed by atoms with Gasteiger partial charge in [0.25, 0.3) is 20.1 Å². The van der Waals surface area contributed by atoms with Gasteiger partial charge in [0.1, 0.15) is 10.6 Å². The summed E-state index contributed by atoms with van der Waals surface area (Å²) in [4.78, 5) is -1.32. The number of nitrogens with zero attached hydrogens (tertiary/aromatic N) is 1. The first kappa shape index (κ1) is 26.9. The molecule has 3 aromatic carbocycles. The van der Waals surface area contributed by atoms with E-state index in [1.54, 1.807) is 27.7 Å². The number of sulfonamides is 2. The van der Waals surface area contributed by atoms with Gasteiger partial charge in [-0.3, -0.25) is 9.27 Å². The maximum absolute atomic E-state index is 13.3. The molecule has 0 aromatic heterocycles. The Morgan fingerprint density at radius 1 is 0.771 bits per heavy atom. The predicted molar refractivity (Wildman–Crippen MR) is 132 cm³/mol. The normalized spacial score (nSPS) is 13.1. The summed E-state index contributed by atoms with van der Waals surface area (Å²) in [5.74, 6) is -0.525. The Balaban J connectivity index is 2.11. The fourth-order valence-electron chi connectivity index (χ4n) is 3.89. The van der Waals surface area contributed by atoms with Gasteiger partial charge in [-0.25, -0.2) is 16.8 Å². The number of hydrogen-bond donors (Lipinski definition) is 3. The molecule has 0 saturated carbocycles. The zero-order valence-electron chi connectivity index (χ0n) is 19.4. The highest BCUT2D eigenvalue weighted by Gasteiger charge is 2.32. The molecule has 0 aliphatic carbocycles. The van der Waals surface area contributed by atoms with Crippen LogP contribution in [0.25, 0.3) is 10.8 Å². The van der Waals surface area contributed by atoms with Gasteiger partial charge in [-0.1, -0.05) is 24.3 Å². The van der Waals surface area contributed by atoms with Crippen molar-refractivity contribution >= 4 is 46.6 Å². The molecule has 0 fully saturated rings. The molecule has 0 atom stereocenters. The highest BCUT2D eigenvalue weighted by Crippen LogP contribution is 2.38. The first-order valence-corrected chi connectivity index (χ1v) is 14.8. The SMILES string of the molecule is CC(C)N(C(C)C)S(=O)(=O)c1ccc2c(NS(=O)(=O)c3cccc(S(=O)(=O)O)c3)cccc2c1O. The molecule has 0 heterocycles. The van der Waals surface area contributed by atoms with E-state index in [0.717, 1.165) is 18.2 Å². The molecule has 0 saturated heterocycles. The Hall–Kier alpha value is -2.71. The van der Waals surface area contributed by atoms with Crippen molar-refractivity contribution in [3.8, 4) is 5.75 Å². The lowest BCUT2D eigenvalue weighted by Crippen LogP contribution is -2.41. The van der Waals surface area contributed by atoms with Crippen molar-refractivity contribution in [3.05, 3.63) is 54.6 Å². The van der Waals surface area contributed by atoms with Crippen molar-refractivity contribution in [1.82, 2.24) is 4.31 Å². The van der Waals surface area contributed by atoms with Crippen LogP contribution in [0.4, 0.5) is 5.69 Å². The summed E-state index contributed by atoms with van der Waals surface area (Å²) >= 11 is 0. The van der Waals surface area contributed by atoms with Gasteiger partial charge in [-0.15, -0.1) is 0 Å². The summed E-state index contributed by atoms with van der Waals surface area (Å²) in [5, 5.41) is 11.2. The van der Waals surface area contributed by atoms with Crippen LogP contribution >= 0.6 is 0 Å². The van der Waals surface area contributed by atoms with Gasteiger partial charge in [-0.2, -0.15) is 12.7 Å². The van der Waals surface area contributed by atoms with Gasteiger partial charge in [-0.05, 0) is 58.0 Å². The van der Waals surface area contributed by atoms with Crippen LogP contribution in [-0.2, 0) is 30.2 Å². The van der Waals surface area contributed by atoms with Gasteiger partial charge in [0.2, 0.25) is 10.0 Å². The fourth-order valence-corrected chi connectivity index (χ4v) is 7.55. The molecule has 0 bridgehead atoms. The van der Waals surface area contributed by atoms with Crippen LogP contribution in [0.1, 0.15) is 27.7 Å². The van der Waals surface area contributed by atoms with E-state index in [1.807, 2.05) is 0 Å². The average Bonchev–Trinajstić information content (AvgIpc) is 2.72. The Kier molecular flexibility index (Phi) is 7.21. The van der Waals surface area contributed by atoms with Crippen LogP contribution in [0.3, 0.4) is 0 Å². The highest BCUT2D eigenvalue weighted by molar-refractivity contribution is 7.92. The van der Waals surface area contributed by atoms with Crippen molar-refractivity contribution in [3.63, 3.8) is 0 Å². The number of benzene rings is 3. The smallest absolute Gasteiger partial charge is 0.294 e. The number of fused-ring (bicyclic) bond motifs is 1. The molecule has 13 heteroatoms. The van der Waals surface area contributed by atoms with Crippen molar-refractivity contribution < 1.29 is 34.9 Å².